The number of benzene rings is 1. The molecule has 0 aromatic heterocycles. The van der Waals surface area contributed by atoms with E-state index >= 15 is 0 Å². The van der Waals surface area contributed by atoms with Crippen molar-refractivity contribution in [2.75, 3.05) is 5.75 Å². The van der Waals surface area contributed by atoms with E-state index in [1.54, 1.807) is 0 Å². The normalized spacial score (nSPS) is 16.4. The van der Waals surface area contributed by atoms with E-state index in [-0.39, 0.29) is 17.9 Å². The Labute approximate surface area is 196 Å². The van der Waals surface area contributed by atoms with Crippen LogP contribution in [0.3, 0.4) is 0 Å². The molecule has 0 aliphatic carbocycles. The SMILES string of the molecule is CC(O)C(N)C(=O)NC(Cc1ccc(O)cc1)C(=O)NC(C(=O)NC(CS)C(=O)O)C(C)O. The van der Waals surface area contributed by atoms with Gasteiger partial charge in [0.15, 0.2) is 0 Å². The van der Waals surface area contributed by atoms with Crippen LogP contribution in [-0.2, 0) is 25.6 Å². The number of carbonyl (C=O) groups is 4. The van der Waals surface area contributed by atoms with E-state index in [2.05, 4.69) is 28.6 Å². The van der Waals surface area contributed by atoms with Gasteiger partial charge in [0.1, 0.15) is 29.9 Å². The number of hydrogen-bond acceptors (Lipinski definition) is 9. The minimum Gasteiger partial charge on any atom is -0.508 e. The van der Waals surface area contributed by atoms with Crippen molar-refractivity contribution in [1.82, 2.24) is 16.0 Å². The lowest BCUT2D eigenvalue weighted by Gasteiger charge is -2.26. The average molecular weight is 487 g/mol. The molecule has 1 aromatic rings. The van der Waals surface area contributed by atoms with Gasteiger partial charge in [-0.2, -0.15) is 12.6 Å². The molecule has 9 N–H and O–H groups in total. The summed E-state index contributed by atoms with van der Waals surface area (Å²) in [6, 6.07) is 0.286. The molecular formula is C20H30N4O8S. The number of aliphatic hydroxyl groups is 2. The van der Waals surface area contributed by atoms with E-state index in [1.165, 1.54) is 38.1 Å². The summed E-state index contributed by atoms with van der Waals surface area (Å²) in [7, 11) is 0. The molecule has 0 aliphatic heterocycles. The maximum absolute atomic E-state index is 12.9. The van der Waals surface area contributed by atoms with Gasteiger partial charge < -0.3 is 42.1 Å². The maximum Gasteiger partial charge on any atom is 0.327 e. The second-order valence-corrected chi connectivity index (χ2v) is 7.87. The fraction of sp³-hybridized carbons (Fsp3) is 0.500. The number of aliphatic carboxylic acids is 1. The molecule has 3 amide bonds. The summed E-state index contributed by atoms with van der Waals surface area (Å²) in [6.45, 7) is 2.52. The Morgan fingerprint density at radius 3 is 1.91 bits per heavy atom. The molecule has 0 spiro atoms. The van der Waals surface area contributed by atoms with Crippen LogP contribution in [-0.4, -0.2) is 86.2 Å². The molecular weight excluding hydrogens is 456 g/mol. The number of carboxylic acid groups (broad SMARTS) is 1. The summed E-state index contributed by atoms with van der Waals surface area (Å²) in [5.74, 6) is -4.24. The third-order valence-electron chi connectivity index (χ3n) is 4.69. The van der Waals surface area contributed by atoms with E-state index in [4.69, 9.17) is 10.8 Å². The quantitative estimate of drug-likeness (QED) is 0.143. The van der Waals surface area contributed by atoms with Crippen molar-refractivity contribution in [3.8, 4) is 5.75 Å². The van der Waals surface area contributed by atoms with Gasteiger partial charge in [0.05, 0.1) is 12.2 Å². The molecule has 1 rings (SSSR count). The molecule has 6 atom stereocenters. The number of hydrogen-bond donors (Lipinski definition) is 9. The smallest absolute Gasteiger partial charge is 0.327 e. The van der Waals surface area contributed by atoms with Gasteiger partial charge in [-0.25, -0.2) is 4.79 Å². The van der Waals surface area contributed by atoms with Gasteiger partial charge in [-0.3, -0.25) is 14.4 Å². The lowest BCUT2D eigenvalue weighted by molar-refractivity contribution is -0.142. The molecule has 33 heavy (non-hydrogen) atoms. The lowest BCUT2D eigenvalue weighted by Crippen LogP contribution is -2.61. The van der Waals surface area contributed by atoms with Crippen molar-refractivity contribution in [1.29, 1.82) is 0 Å². The first kappa shape index (κ1) is 28.2. The van der Waals surface area contributed by atoms with Crippen molar-refractivity contribution in [3.05, 3.63) is 29.8 Å². The van der Waals surface area contributed by atoms with E-state index in [9.17, 15) is 34.5 Å². The van der Waals surface area contributed by atoms with Gasteiger partial charge in [-0.1, -0.05) is 12.1 Å². The standard InChI is InChI=1S/C20H30N4O8S/c1-9(25)15(21)18(29)22-13(7-11-3-5-12(27)6-4-11)17(28)24-16(10(2)26)19(30)23-14(8-33)20(31)32/h3-6,9-10,13-16,25-27,33H,7-8,21H2,1-2H3,(H,22,29)(H,23,30)(H,24,28)(H,31,32). The first-order valence-electron chi connectivity index (χ1n) is 10.0. The molecule has 0 saturated carbocycles. The fourth-order valence-electron chi connectivity index (χ4n) is 2.67. The molecule has 0 fully saturated rings. The Morgan fingerprint density at radius 2 is 1.45 bits per heavy atom. The Balaban J connectivity index is 3.09. The highest BCUT2D eigenvalue weighted by Gasteiger charge is 2.33. The zero-order chi connectivity index (χ0) is 25.3. The zero-order valence-corrected chi connectivity index (χ0v) is 19.0. The summed E-state index contributed by atoms with van der Waals surface area (Å²) >= 11 is 3.85. The van der Waals surface area contributed by atoms with Crippen LogP contribution < -0.4 is 21.7 Å². The van der Waals surface area contributed by atoms with Crippen LogP contribution in [0.4, 0.5) is 0 Å². The summed E-state index contributed by atoms with van der Waals surface area (Å²) in [4.78, 5) is 48.9. The highest BCUT2D eigenvalue weighted by molar-refractivity contribution is 7.80. The number of carboxylic acids is 1. The van der Waals surface area contributed by atoms with Crippen LogP contribution in [0.2, 0.25) is 0 Å². The molecule has 6 unspecified atom stereocenters. The molecule has 0 aliphatic rings. The first-order valence-corrected chi connectivity index (χ1v) is 10.6. The van der Waals surface area contributed by atoms with Gasteiger partial charge >= 0.3 is 5.97 Å². The second-order valence-electron chi connectivity index (χ2n) is 7.51. The van der Waals surface area contributed by atoms with E-state index in [1.807, 2.05) is 0 Å². The molecule has 13 heteroatoms. The molecule has 0 radical (unpaired) electrons. The van der Waals surface area contributed by atoms with Crippen molar-refractivity contribution in [2.24, 2.45) is 5.73 Å². The number of thiol groups is 1. The number of phenolic OH excluding ortho intramolecular Hbond substituents is 1. The molecule has 0 bridgehead atoms. The summed E-state index contributed by atoms with van der Waals surface area (Å²) in [6.07, 6.45) is -2.69. The number of carbonyl (C=O) groups excluding carboxylic acids is 3. The molecule has 1 aromatic carbocycles. The Bertz CT molecular complexity index is 834. The monoisotopic (exact) mass is 486 g/mol. The predicted molar refractivity (Wildman–Crippen MR) is 120 cm³/mol. The van der Waals surface area contributed by atoms with Crippen molar-refractivity contribution < 1.29 is 39.6 Å². The number of amides is 3. The number of aromatic hydroxyl groups is 1. The van der Waals surface area contributed by atoms with E-state index < -0.39 is 60.1 Å². The number of aliphatic hydroxyl groups excluding tert-OH is 2. The summed E-state index contributed by atoms with van der Waals surface area (Å²) < 4.78 is 0. The third kappa shape index (κ3) is 8.88. The highest BCUT2D eigenvalue weighted by Crippen LogP contribution is 2.12. The van der Waals surface area contributed by atoms with Crippen LogP contribution >= 0.6 is 12.6 Å². The average Bonchev–Trinajstić information content (AvgIpc) is 2.75. The highest BCUT2D eigenvalue weighted by atomic mass is 32.1. The lowest BCUT2D eigenvalue weighted by atomic mass is 10.0. The van der Waals surface area contributed by atoms with Crippen LogP contribution in [0, 0.1) is 0 Å². The Kier molecular flexibility index (Phi) is 11.1. The fourth-order valence-corrected chi connectivity index (χ4v) is 2.92. The van der Waals surface area contributed by atoms with Gasteiger partial charge in [-0.15, -0.1) is 0 Å². The summed E-state index contributed by atoms with van der Waals surface area (Å²) in [5, 5.41) is 44.9. The van der Waals surface area contributed by atoms with Crippen molar-refractivity contribution in [2.45, 2.75) is 56.6 Å². The minimum atomic E-state index is -1.54. The Hall–Kier alpha value is -2.87. The Morgan fingerprint density at radius 1 is 0.909 bits per heavy atom. The van der Waals surface area contributed by atoms with Crippen LogP contribution in [0.15, 0.2) is 24.3 Å². The minimum absolute atomic E-state index is 0.0112. The number of rotatable bonds is 12. The third-order valence-corrected chi connectivity index (χ3v) is 5.06. The largest absolute Gasteiger partial charge is 0.508 e. The zero-order valence-electron chi connectivity index (χ0n) is 18.1. The van der Waals surface area contributed by atoms with Crippen molar-refractivity contribution in [3.63, 3.8) is 0 Å². The molecule has 0 saturated heterocycles. The number of nitrogens with one attached hydrogen (secondary N) is 3. The van der Waals surface area contributed by atoms with Crippen LogP contribution in [0.25, 0.3) is 0 Å². The van der Waals surface area contributed by atoms with Crippen molar-refractivity contribution >= 4 is 36.3 Å². The maximum atomic E-state index is 12.9. The van der Waals surface area contributed by atoms with Crippen LogP contribution in [0.1, 0.15) is 19.4 Å². The number of nitrogens with two attached hydrogens (primary N) is 1. The molecule has 12 nitrogen and oxygen atoms in total. The number of phenols is 1. The van der Waals surface area contributed by atoms with Crippen LogP contribution in [0.5, 0.6) is 5.75 Å². The van der Waals surface area contributed by atoms with Gasteiger partial charge in [0.2, 0.25) is 17.7 Å². The van der Waals surface area contributed by atoms with Gasteiger partial charge in [0, 0.05) is 12.2 Å². The topological polar surface area (TPSA) is 211 Å². The first-order chi connectivity index (χ1) is 15.4. The molecule has 184 valence electrons. The molecule has 0 heterocycles. The second kappa shape index (κ2) is 13.0. The van der Waals surface area contributed by atoms with E-state index in [0.29, 0.717) is 5.56 Å². The van der Waals surface area contributed by atoms with Gasteiger partial charge in [0.25, 0.3) is 0 Å². The summed E-state index contributed by atoms with van der Waals surface area (Å²) in [5.41, 5.74) is 6.16. The van der Waals surface area contributed by atoms with E-state index in [0.717, 1.165) is 0 Å². The predicted octanol–water partition coefficient (Wildman–Crippen LogP) is -2.51. The van der Waals surface area contributed by atoms with Gasteiger partial charge in [-0.05, 0) is 31.5 Å².